The van der Waals surface area contributed by atoms with E-state index in [4.69, 9.17) is 94.0 Å². The van der Waals surface area contributed by atoms with Crippen molar-refractivity contribution in [2.24, 2.45) is 0 Å². The molecule has 0 radical (unpaired) electrons. The molecule has 554 valence electrons. The van der Waals surface area contributed by atoms with Crippen molar-refractivity contribution in [3.8, 4) is 5.75 Å². The summed E-state index contributed by atoms with van der Waals surface area (Å²) in [6.07, 6.45) is 0. The normalized spacial score (nSPS) is 12.9. The third-order valence-corrected chi connectivity index (χ3v) is 25.3. The molecule has 0 atom stereocenters. The quantitative estimate of drug-likeness (QED) is 0.0299. The van der Waals surface area contributed by atoms with Crippen molar-refractivity contribution >= 4 is 162 Å². The molecule has 0 amide bonds. The van der Waals surface area contributed by atoms with Gasteiger partial charge in [0.1, 0.15) is 42.3 Å². The van der Waals surface area contributed by atoms with Gasteiger partial charge in [-0.3, -0.25) is 0 Å². The number of fused-ring (bicyclic) bond motifs is 4. The zero-order valence-corrected chi connectivity index (χ0v) is 72.5. The number of phenolic OH excluding ortho intramolecular Hbond substituents is 1. The van der Waals surface area contributed by atoms with E-state index in [0.717, 1.165) is 44.7 Å². The molecule has 0 fully saturated rings. The van der Waals surface area contributed by atoms with E-state index in [-0.39, 0.29) is 104 Å². The molecule has 0 bridgehead atoms. The van der Waals surface area contributed by atoms with Crippen molar-refractivity contribution in [3.05, 3.63) is 109 Å². The number of phenols is 1. The van der Waals surface area contributed by atoms with Crippen LogP contribution in [0.5, 0.6) is 5.75 Å². The average Bonchev–Trinajstić information content (AvgIpc) is 1.72. The van der Waals surface area contributed by atoms with Crippen LogP contribution >= 0.6 is 69.8 Å². The van der Waals surface area contributed by atoms with E-state index < -0.39 is 44.8 Å². The average molecular weight is 1600 g/mol. The van der Waals surface area contributed by atoms with Gasteiger partial charge < -0.3 is 60.7 Å². The Morgan fingerprint density at radius 3 is 1.16 bits per heavy atom. The molecule has 0 aliphatic heterocycles. The second kappa shape index (κ2) is 34.5. The molecule has 0 unspecified atom stereocenters. The molecule has 0 saturated carbocycles. The van der Waals surface area contributed by atoms with Gasteiger partial charge in [0.15, 0.2) is 52.0 Å². The summed E-state index contributed by atoms with van der Waals surface area (Å²) >= 11 is 37.5. The number of nitrogen functional groups attached to an aromatic ring is 1. The largest absolute Gasteiger partial charge is 1.00 e. The zero-order chi connectivity index (χ0) is 76.3. The van der Waals surface area contributed by atoms with Crippen LogP contribution in [0.2, 0.25) is 25.1 Å². The van der Waals surface area contributed by atoms with E-state index in [1.165, 1.54) is 12.1 Å². The SMILES string of the molecule is CC(C)(C)c1nc2ccc(Cl)c([S-])c2o1.CN(C)CC(C)(C)S(=O)(=O)c1c(Cl)ccc(N)c1O.CN(C)CC(C)(C)S(=O)(=O)c1c(Cl)ccc2nc(C(C)(C)C)oc12.CN(C)CCS(=O)(=O)c1c(Cl)ccc2nc(C(C)(C)C)oc12.CN(C)CCSc1c(Cl)ccc2nc(C(C)(C)C)oc12.[Na+]. The van der Waals surface area contributed by atoms with E-state index in [9.17, 15) is 30.4 Å². The third kappa shape index (κ3) is 22.4. The number of nitrogens with two attached hydrogens (primary N) is 1. The van der Waals surface area contributed by atoms with Gasteiger partial charge in [0.25, 0.3) is 0 Å². The van der Waals surface area contributed by atoms with Crippen LogP contribution < -0.4 is 35.3 Å². The number of rotatable bonds is 16. The Kier molecular flexibility index (Phi) is 30.6. The number of benzene rings is 5. The molecule has 0 aliphatic carbocycles. The number of aromatic hydroxyl groups is 1. The first-order chi connectivity index (χ1) is 45.5. The first-order valence-corrected chi connectivity index (χ1v) is 39.6. The summed E-state index contributed by atoms with van der Waals surface area (Å²) in [5, 5.41) is 11.5. The minimum Gasteiger partial charge on any atom is -0.775 e. The maximum atomic E-state index is 13.3. The number of halogens is 5. The van der Waals surface area contributed by atoms with E-state index in [1.807, 2.05) is 119 Å². The molecule has 3 N–H and O–H groups in total. The Morgan fingerprint density at radius 2 is 0.762 bits per heavy atom. The van der Waals surface area contributed by atoms with Gasteiger partial charge in [0.05, 0.1) is 45.9 Å². The number of hydrogen-bond donors (Lipinski definition) is 2. The predicted octanol–water partition coefficient (Wildman–Crippen LogP) is 13.9. The Labute approximate surface area is 654 Å². The minimum atomic E-state index is -3.82. The minimum absolute atomic E-state index is 0. The third-order valence-electron chi connectivity index (χ3n) is 14.8. The van der Waals surface area contributed by atoms with Crippen molar-refractivity contribution < 1.29 is 77.6 Å². The number of hydrogen-bond acceptors (Lipinski definition) is 22. The number of nitrogens with zero attached hydrogens (tertiary/aromatic N) is 8. The van der Waals surface area contributed by atoms with Crippen LogP contribution in [-0.2, 0) is 63.8 Å². The zero-order valence-electron chi connectivity index (χ0n) is 62.6. The van der Waals surface area contributed by atoms with Crippen LogP contribution in [0.4, 0.5) is 5.69 Å². The second-order valence-electron chi connectivity index (χ2n) is 30.6. The summed E-state index contributed by atoms with van der Waals surface area (Å²) in [6.45, 7) is 32.8. The van der Waals surface area contributed by atoms with Gasteiger partial charge in [-0.25, -0.2) is 45.2 Å². The Balaban J connectivity index is 0.000000269. The smallest absolute Gasteiger partial charge is 0.775 e. The monoisotopic (exact) mass is 1600 g/mol. The molecule has 31 heteroatoms. The second-order valence-corrected chi connectivity index (χ2v) is 41.2. The van der Waals surface area contributed by atoms with Crippen LogP contribution in [0.15, 0.2) is 103 Å². The molecule has 0 saturated heterocycles. The summed E-state index contributed by atoms with van der Waals surface area (Å²) in [5.74, 6) is 2.88. The van der Waals surface area contributed by atoms with Crippen molar-refractivity contribution in [2.45, 2.75) is 166 Å². The van der Waals surface area contributed by atoms with Crippen LogP contribution in [0.1, 0.15) is 134 Å². The molecule has 9 rings (SSSR count). The summed E-state index contributed by atoms with van der Waals surface area (Å²) in [7, 11) is 3.90. The summed E-state index contributed by atoms with van der Waals surface area (Å²) in [5.41, 5.74) is 9.26. The van der Waals surface area contributed by atoms with Crippen molar-refractivity contribution in [2.75, 3.05) is 99.8 Å². The molecule has 5 aromatic carbocycles. The first kappa shape index (κ1) is 89.7. The molecular formula is C70H97Cl5N9NaO11S5. The fourth-order valence-electron chi connectivity index (χ4n) is 9.53. The fourth-order valence-corrected chi connectivity index (χ4v) is 17.7. The number of anilines is 1. The van der Waals surface area contributed by atoms with Gasteiger partial charge >= 0.3 is 29.6 Å². The van der Waals surface area contributed by atoms with Crippen LogP contribution in [-0.4, -0.2) is 173 Å². The van der Waals surface area contributed by atoms with Crippen LogP contribution in [0, 0.1) is 0 Å². The van der Waals surface area contributed by atoms with E-state index in [0.29, 0.717) is 63.8 Å². The van der Waals surface area contributed by atoms with Gasteiger partial charge in [-0.2, -0.15) is 0 Å². The maximum absolute atomic E-state index is 13.3. The van der Waals surface area contributed by atoms with Crippen LogP contribution in [0.25, 0.3) is 44.4 Å². The van der Waals surface area contributed by atoms with Crippen molar-refractivity contribution in [1.29, 1.82) is 0 Å². The number of aromatic nitrogens is 4. The van der Waals surface area contributed by atoms with Crippen molar-refractivity contribution in [3.63, 3.8) is 0 Å². The number of oxazole rings is 4. The molecule has 9 aromatic rings. The Hall–Kier alpha value is -3.71. The van der Waals surface area contributed by atoms with Gasteiger partial charge in [0.2, 0.25) is 23.6 Å². The molecule has 4 aromatic heterocycles. The van der Waals surface area contributed by atoms with Crippen molar-refractivity contribution in [1.82, 2.24) is 39.5 Å². The Morgan fingerprint density at radius 1 is 0.446 bits per heavy atom. The van der Waals surface area contributed by atoms with E-state index >= 15 is 0 Å². The summed E-state index contributed by atoms with van der Waals surface area (Å²) in [4.78, 5) is 26.7. The summed E-state index contributed by atoms with van der Waals surface area (Å²) in [6, 6.07) is 16.6. The van der Waals surface area contributed by atoms with Gasteiger partial charge in [-0.05, 0) is 145 Å². The fraction of sp³-hybridized carbons (Fsp3) is 0.514. The Bertz CT molecular complexity index is 4720. The number of thioether (sulfide) groups is 1. The topological polar surface area (TPSA) is 266 Å². The maximum Gasteiger partial charge on any atom is 1.00 e. The molecule has 20 nitrogen and oxygen atoms in total. The molecular weight excluding hydrogens is 1500 g/mol. The van der Waals surface area contributed by atoms with E-state index in [1.54, 1.807) is 88.8 Å². The molecule has 0 aliphatic rings. The number of sulfone groups is 3. The van der Waals surface area contributed by atoms with Gasteiger partial charge in [0, 0.05) is 58.6 Å². The summed E-state index contributed by atoms with van der Waals surface area (Å²) < 4.78 is 98.2. The van der Waals surface area contributed by atoms with Crippen LogP contribution in [0.3, 0.4) is 0 Å². The van der Waals surface area contributed by atoms with Gasteiger partial charge in [-0.1, -0.05) is 141 Å². The van der Waals surface area contributed by atoms with Gasteiger partial charge in [-0.15, -0.1) is 16.7 Å². The molecule has 4 heterocycles. The standard InChI is InChI=1S/C17H25ClN2O3S.C15H21ClN2O3S.C15H21ClN2OS.C12H19ClN2O3S.C11H12ClNOS.Na/c1-16(2,3)15-19-12-9-8-11(18)14(13(12)23-15)24(21,22)17(4,5)10-20(6)7;1-15(2,3)14-17-11-7-6-10(16)13(12(11)21-14)22(19,20)9-8-18(4)5;1-15(2,3)14-17-11-7-6-10(16)13(12(11)19-14)20-9-8-18(4)5;1-12(2,7-15(3)4)19(17,18)11-8(13)5-6-9(14)10(11)16;1-11(2,3)10-13-7-5-4-6(12)9(15)8(7)14-10;/h8-9H,10H2,1-7H3;6-7H,8-9H2,1-5H3;6-7H,8-9H2,1-5H3;5-6,16H,7,14H2,1-4H3;4-5,15H,1-3H3;/q;;;;;+1/p-1. The predicted molar refractivity (Wildman–Crippen MR) is 414 cm³/mol. The first-order valence-electron chi connectivity index (χ1n) is 31.7. The molecule has 101 heavy (non-hydrogen) atoms. The van der Waals surface area contributed by atoms with E-state index in [2.05, 4.69) is 59.7 Å². The molecule has 0 spiro atoms.